The van der Waals surface area contributed by atoms with E-state index in [-0.39, 0.29) is 6.61 Å². The Bertz CT molecular complexity index is 286. The van der Waals surface area contributed by atoms with E-state index in [9.17, 15) is 0 Å². The van der Waals surface area contributed by atoms with Crippen molar-refractivity contribution in [1.29, 1.82) is 0 Å². The van der Waals surface area contributed by atoms with Crippen LogP contribution in [-0.2, 0) is 4.74 Å². The van der Waals surface area contributed by atoms with Crippen LogP contribution in [0.4, 0.5) is 5.82 Å². The van der Waals surface area contributed by atoms with Crippen LogP contribution < -0.4 is 5.32 Å². The van der Waals surface area contributed by atoms with Crippen molar-refractivity contribution in [2.45, 2.75) is 6.42 Å². The summed E-state index contributed by atoms with van der Waals surface area (Å²) >= 11 is 5.79. The highest BCUT2D eigenvalue weighted by atomic mass is 35.5. The van der Waals surface area contributed by atoms with Crippen LogP contribution in [0.1, 0.15) is 6.42 Å². The Morgan fingerprint density at radius 2 is 2.13 bits per heavy atom. The van der Waals surface area contributed by atoms with E-state index in [2.05, 4.69) is 15.3 Å². The van der Waals surface area contributed by atoms with Gasteiger partial charge in [-0.25, -0.2) is 9.97 Å². The zero-order chi connectivity index (χ0) is 10.9. The molecule has 0 atom stereocenters. The molecule has 1 rings (SSSR count). The molecular weight excluding hydrogens is 218 g/mol. The van der Waals surface area contributed by atoms with Crippen LogP contribution >= 0.6 is 11.6 Å². The highest BCUT2D eigenvalue weighted by Crippen LogP contribution is 2.13. The first-order chi connectivity index (χ1) is 7.34. The average molecular weight is 232 g/mol. The lowest BCUT2D eigenvalue weighted by molar-refractivity contribution is 0.0922. The molecule has 2 N–H and O–H groups in total. The Balaban J connectivity index is 2.12. The molecule has 0 radical (unpaired) electrons. The van der Waals surface area contributed by atoms with Crippen molar-refractivity contribution in [2.24, 2.45) is 0 Å². The molecule has 0 aliphatic carbocycles. The van der Waals surface area contributed by atoms with Gasteiger partial charge in [-0.1, -0.05) is 11.6 Å². The summed E-state index contributed by atoms with van der Waals surface area (Å²) in [4.78, 5) is 7.91. The number of aliphatic hydroxyl groups excluding tert-OH is 1. The summed E-state index contributed by atoms with van der Waals surface area (Å²) in [6, 6.07) is 0. The number of nitrogens with one attached hydrogen (secondary N) is 1. The number of hydrogen-bond acceptors (Lipinski definition) is 5. The van der Waals surface area contributed by atoms with E-state index in [4.69, 9.17) is 21.4 Å². The van der Waals surface area contributed by atoms with Crippen molar-refractivity contribution in [1.82, 2.24) is 9.97 Å². The van der Waals surface area contributed by atoms with E-state index in [0.29, 0.717) is 30.7 Å². The molecule has 1 aromatic heterocycles. The van der Waals surface area contributed by atoms with Gasteiger partial charge in [0.25, 0.3) is 0 Å². The zero-order valence-corrected chi connectivity index (χ0v) is 9.07. The van der Waals surface area contributed by atoms with Gasteiger partial charge in [0.15, 0.2) is 11.0 Å². The largest absolute Gasteiger partial charge is 0.394 e. The molecule has 1 aromatic rings. The van der Waals surface area contributed by atoms with Crippen molar-refractivity contribution in [2.75, 3.05) is 31.7 Å². The van der Waals surface area contributed by atoms with Gasteiger partial charge in [-0.05, 0) is 6.42 Å². The highest BCUT2D eigenvalue weighted by Gasteiger charge is 1.99. The number of nitrogens with zero attached hydrogens (tertiary/aromatic N) is 2. The second-order valence-electron chi connectivity index (χ2n) is 2.81. The molecule has 0 aromatic carbocycles. The monoisotopic (exact) mass is 231 g/mol. The molecule has 0 saturated carbocycles. The molecule has 5 nitrogen and oxygen atoms in total. The smallest absolute Gasteiger partial charge is 0.171 e. The minimum atomic E-state index is 0.0589. The van der Waals surface area contributed by atoms with Crippen molar-refractivity contribution in [3.63, 3.8) is 0 Å². The number of ether oxygens (including phenoxy) is 1. The molecule has 0 unspecified atom stereocenters. The first-order valence-electron chi connectivity index (χ1n) is 4.73. The molecule has 0 fully saturated rings. The van der Waals surface area contributed by atoms with E-state index < -0.39 is 0 Å². The minimum Gasteiger partial charge on any atom is -0.394 e. The van der Waals surface area contributed by atoms with Crippen LogP contribution in [0.2, 0.25) is 5.15 Å². The molecular formula is C9H14ClN3O2. The Morgan fingerprint density at radius 3 is 2.87 bits per heavy atom. The fourth-order valence-corrected chi connectivity index (χ4v) is 1.16. The molecule has 15 heavy (non-hydrogen) atoms. The summed E-state index contributed by atoms with van der Waals surface area (Å²) in [7, 11) is 0. The van der Waals surface area contributed by atoms with Crippen LogP contribution in [0.3, 0.4) is 0 Å². The second kappa shape index (κ2) is 7.39. The molecule has 6 heteroatoms. The summed E-state index contributed by atoms with van der Waals surface area (Å²) in [5, 5.41) is 11.9. The first kappa shape index (κ1) is 12.2. The van der Waals surface area contributed by atoms with Gasteiger partial charge in [0.2, 0.25) is 0 Å². The van der Waals surface area contributed by atoms with Crippen molar-refractivity contribution in [3.8, 4) is 0 Å². The number of aliphatic hydroxyl groups is 1. The summed E-state index contributed by atoms with van der Waals surface area (Å²) in [5.74, 6) is 0.585. The predicted molar refractivity (Wildman–Crippen MR) is 58.1 cm³/mol. The SMILES string of the molecule is OCCOCCCNc1nccnc1Cl. The summed E-state index contributed by atoms with van der Waals surface area (Å²) in [6.45, 7) is 1.75. The number of rotatable bonds is 7. The predicted octanol–water partition coefficient (Wildman–Crippen LogP) is 0.941. The zero-order valence-electron chi connectivity index (χ0n) is 8.32. The molecule has 84 valence electrons. The standard InChI is InChI=1S/C9H14ClN3O2/c10-8-9(13-4-3-11-8)12-2-1-6-15-7-5-14/h3-4,14H,1-2,5-7H2,(H,12,13). The average Bonchev–Trinajstić information content (AvgIpc) is 2.25. The van der Waals surface area contributed by atoms with Crippen LogP contribution in [0.25, 0.3) is 0 Å². The molecule has 1 heterocycles. The fourth-order valence-electron chi connectivity index (χ4n) is 0.987. The molecule has 0 aliphatic rings. The third-order valence-corrected chi connectivity index (χ3v) is 1.92. The van der Waals surface area contributed by atoms with E-state index in [0.717, 1.165) is 6.42 Å². The van der Waals surface area contributed by atoms with E-state index in [1.807, 2.05) is 0 Å². The Labute approximate surface area is 93.5 Å². The van der Waals surface area contributed by atoms with Crippen molar-refractivity contribution >= 4 is 17.4 Å². The van der Waals surface area contributed by atoms with E-state index in [1.54, 1.807) is 6.20 Å². The van der Waals surface area contributed by atoms with Gasteiger partial charge in [-0.15, -0.1) is 0 Å². The maximum atomic E-state index is 8.46. The molecule has 0 aliphatic heterocycles. The lowest BCUT2D eigenvalue weighted by Crippen LogP contribution is -2.09. The number of halogens is 1. The topological polar surface area (TPSA) is 67.3 Å². The van der Waals surface area contributed by atoms with Gasteiger partial charge in [-0.3, -0.25) is 0 Å². The van der Waals surface area contributed by atoms with Gasteiger partial charge in [-0.2, -0.15) is 0 Å². The molecule has 0 saturated heterocycles. The summed E-state index contributed by atoms with van der Waals surface area (Å²) in [6.07, 6.45) is 3.95. The minimum absolute atomic E-state index is 0.0589. The van der Waals surface area contributed by atoms with Crippen molar-refractivity contribution in [3.05, 3.63) is 17.5 Å². The molecule has 0 bridgehead atoms. The van der Waals surface area contributed by atoms with Gasteiger partial charge < -0.3 is 15.2 Å². The fraction of sp³-hybridized carbons (Fsp3) is 0.556. The maximum absolute atomic E-state index is 8.46. The lowest BCUT2D eigenvalue weighted by atomic mass is 10.4. The Morgan fingerprint density at radius 1 is 1.33 bits per heavy atom. The quantitative estimate of drug-likeness (QED) is 0.684. The van der Waals surface area contributed by atoms with Gasteiger partial charge >= 0.3 is 0 Å². The van der Waals surface area contributed by atoms with Crippen LogP contribution in [-0.4, -0.2) is 41.4 Å². The Hall–Kier alpha value is -0.910. The molecule has 0 spiro atoms. The van der Waals surface area contributed by atoms with E-state index >= 15 is 0 Å². The lowest BCUT2D eigenvalue weighted by Gasteiger charge is -2.06. The van der Waals surface area contributed by atoms with Crippen LogP contribution in [0.5, 0.6) is 0 Å². The van der Waals surface area contributed by atoms with Gasteiger partial charge in [0, 0.05) is 25.5 Å². The third kappa shape index (κ3) is 4.92. The number of aromatic nitrogens is 2. The van der Waals surface area contributed by atoms with Gasteiger partial charge in [0.1, 0.15) is 0 Å². The van der Waals surface area contributed by atoms with Crippen LogP contribution in [0.15, 0.2) is 12.4 Å². The van der Waals surface area contributed by atoms with Gasteiger partial charge in [0.05, 0.1) is 13.2 Å². The maximum Gasteiger partial charge on any atom is 0.171 e. The third-order valence-electron chi connectivity index (χ3n) is 1.65. The molecule has 0 amide bonds. The highest BCUT2D eigenvalue weighted by molar-refractivity contribution is 6.31. The first-order valence-corrected chi connectivity index (χ1v) is 5.11. The normalized spacial score (nSPS) is 10.3. The van der Waals surface area contributed by atoms with E-state index in [1.165, 1.54) is 6.20 Å². The number of hydrogen-bond donors (Lipinski definition) is 2. The number of anilines is 1. The Kier molecular flexibility index (Phi) is 5.99. The second-order valence-corrected chi connectivity index (χ2v) is 3.17. The summed E-state index contributed by atoms with van der Waals surface area (Å²) in [5.41, 5.74) is 0. The van der Waals surface area contributed by atoms with Crippen LogP contribution in [0, 0.1) is 0 Å². The van der Waals surface area contributed by atoms with Crippen molar-refractivity contribution < 1.29 is 9.84 Å². The summed E-state index contributed by atoms with van der Waals surface area (Å²) < 4.78 is 5.09.